The van der Waals surface area contributed by atoms with Gasteiger partial charge in [0.05, 0.1) is 17.9 Å². The third-order valence-corrected chi connectivity index (χ3v) is 3.94. The molecule has 1 aliphatic carbocycles. The number of amides is 1. The van der Waals surface area contributed by atoms with Crippen LogP contribution in [0.25, 0.3) is 0 Å². The van der Waals surface area contributed by atoms with Gasteiger partial charge in [-0.05, 0) is 31.4 Å². The molecule has 5 heteroatoms. The highest BCUT2D eigenvalue weighted by atomic mass is 16.4. The van der Waals surface area contributed by atoms with Crippen molar-refractivity contribution in [3.05, 3.63) is 24.0 Å². The van der Waals surface area contributed by atoms with Crippen LogP contribution in [0.4, 0.5) is 0 Å². The summed E-state index contributed by atoms with van der Waals surface area (Å²) in [6.45, 7) is 0.741. The summed E-state index contributed by atoms with van der Waals surface area (Å²) in [5.74, 6) is -1.58. The quantitative estimate of drug-likeness (QED) is 0.849. The number of hydrogen-bond donors (Lipinski definition) is 2. The number of nitrogens with zero attached hydrogens (tertiary/aromatic N) is 1. The highest BCUT2D eigenvalue weighted by Gasteiger charge is 2.51. The van der Waals surface area contributed by atoms with Crippen molar-refractivity contribution in [1.82, 2.24) is 9.88 Å². The fourth-order valence-electron chi connectivity index (χ4n) is 2.86. The number of rotatable bonds is 3. The molecule has 5 nitrogen and oxygen atoms in total. The number of carbonyl (C=O) groups is 2. The molecule has 0 bridgehead atoms. The Morgan fingerprint density at radius 2 is 2.22 bits per heavy atom. The molecule has 2 fully saturated rings. The molecule has 1 aromatic heterocycles. The molecule has 3 atom stereocenters. The molecule has 0 aromatic carbocycles. The first-order valence-electron chi connectivity index (χ1n) is 6.35. The number of aliphatic carboxylic acids is 1. The van der Waals surface area contributed by atoms with Crippen molar-refractivity contribution in [3.63, 3.8) is 0 Å². The van der Waals surface area contributed by atoms with Crippen LogP contribution in [0.15, 0.2) is 18.3 Å². The Morgan fingerprint density at radius 3 is 2.83 bits per heavy atom. The SMILES string of the molecule is O=C(O)C1CC1C(=O)N1CCCC1c1ccc[nH]1. The Bertz CT molecular complexity index is 469. The molecule has 18 heavy (non-hydrogen) atoms. The first-order chi connectivity index (χ1) is 8.68. The van der Waals surface area contributed by atoms with Crippen LogP contribution in [0.3, 0.4) is 0 Å². The minimum absolute atomic E-state index is 0.0134. The summed E-state index contributed by atoms with van der Waals surface area (Å²) >= 11 is 0. The molecule has 3 rings (SSSR count). The number of carbonyl (C=O) groups excluding carboxylic acids is 1. The van der Waals surface area contributed by atoms with E-state index in [2.05, 4.69) is 4.98 Å². The lowest BCUT2D eigenvalue weighted by Gasteiger charge is -2.24. The van der Waals surface area contributed by atoms with Gasteiger partial charge >= 0.3 is 5.97 Å². The topological polar surface area (TPSA) is 73.4 Å². The van der Waals surface area contributed by atoms with Crippen LogP contribution >= 0.6 is 0 Å². The summed E-state index contributed by atoms with van der Waals surface area (Å²) in [5.41, 5.74) is 1.05. The Hall–Kier alpha value is -1.78. The lowest BCUT2D eigenvalue weighted by molar-refractivity contribution is -0.142. The normalized spacial score (nSPS) is 30.4. The highest BCUT2D eigenvalue weighted by molar-refractivity contribution is 5.89. The molecule has 1 saturated heterocycles. The molecule has 2 heterocycles. The number of H-pyrrole nitrogens is 1. The van der Waals surface area contributed by atoms with E-state index in [1.54, 1.807) is 0 Å². The summed E-state index contributed by atoms with van der Waals surface area (Å²) in [6, 6.07) is 4.01. The monoisotopic (exact) mass is 248 g/mol. The van der Waals surface area contributed by atoms with Crippen molar-refractivity contribution in [2.75, 3.05) is 6.54 Å². The van der Waals surface area contributed by atoms with Crippen molar-refractivity contribution < 1.29 is 14.7 Å². The number of likely N-dealkylation sites (tertiary alicyclic amines) is 1. The van der Waals surface area contributed by atoms with E-state index in [0.717, 1.165) is 25.1 Å². The minimum Gasteiger partial charge on any atom is -0.481 e. The average Bonchev–Trinajstić information content (AvgIpc) is 2.78. The second-order valence-corrected chi connectivity index (χ2v) is 5.10. The summed E-state index contributed by atoms with van der Waals surface area (Å²) in [6.07, 6.45) is 4.30. The minimum atomic E-state index is -0.844. The van der Waals surface area contributed by atoms with Crippen molar-refractivity contribution in [2.24, 2.45) is 11.8 Å². The third-order valence-electron chi connectivity index (χ3n) is 3.94. The number of aromatic amines is 1. The summed E-state index contributed by atoms with van der Waals surface area (Å²) in [5, 5.41) is 8.89. The molecule has 1 amide bonds. The molecule has 2 aliphatic rings. The predicted octanol–water partition coefficient (Wildman–Crippen LogP) is 1.40. The van der Waals surface area contributed by atoms with Crippen LogP contribution in [-0.4, -0.2) is 33.4 Å². The van der Waals surface area contributed by atoms with E-state index < -0.39 is 11.9 Å². The number of carboxylic acids is 1. The van der Waals surface area contributed by atoms with Gasteiger partial charge in [-0.25, -0.2) is 0 Å². The second kappa shape index (κ2) is 4.15. The molecule has 1 aliphatic heterocycles. The number of carboxylic acid groups (broad SMARTS) is 1. The van der Waals surface area contributed by atoms with Crippen LogP contribution in [-0.2, 0) is 9.59 Å². The van der Waals surface area contributed by atoms with Gasteiger partial charge in [-0.15, -0.1) is 0 Å². The largest absolute Gasteiger partial charge is 0.481 e. The Kier molecular flexibility index (Phi) is 2.61. The fourth-order valence-corrected chi connectivity index (χ4v) is 2.86. The van der Waals surface area contributed by atoms with Gasteiger partial charge in [-0.3, -0.25) is 9.59 Å². The molecule has 1 saturated carbocycles. The van der Waals surface area contributed by atoms with Crippen LogP contribution in [0.5, 0.6) is 0 Å². The van der Waals surface area contributed by atoms with Crippen LogP contribution in [0.1, 0.15) is 31.0 Å². The molecular formula is C13H16N2O3. The standard InChI is InChI=1S/C13H16N2O3/c16-12(8-7-9(8)13(17)18)15-6-2-4-11(15)10-3-1-5-14-10/h1,3,5,8-9,11,14H,2,4,6-7H2,(H,17,18). The van der Waals surface area contributed by atoms with E-state index in [-0.39, 0.29) is 17.9 Å². The molecule has 1 aromatic rings. The first kappa shape index (κ1) is 11.3. The summed E-state index contributed by atoms with van der Waals surface area (Å²) in [4.78, 5) is 28.1. The second-order valence-electron chi connectivity index (χ2n) is 5.10. The van der Waals surface area contributed by atoms with Gasteiger partial charge < -0.3 is 15.0 Å². The van der Waals surface area contributed by atoms with Crippen molar-refractivity contribution >= 4 is 11.9 Å². The zero-order chi connectivity index (χ0) is 12.7. The van der Waals surface area contributed by atoms with Gasteiger partial charge in [-0.2, -0.15) is 0 Å². The van der Waals surface area contributed by atoms with Crippen molar-refractivity contribution in [1.29, 1.82) is 0 Å². The average molecular weight is 248 g/mol. The molecular weight excluding hydrogens is 232 g/mol. The maximum Gasteiger partial charge on any atom is 0.307 e. The van der Waals surface area contributed by atoms with E-state index in [4.69, 9.17) is 5.11 Å². The van der Waals surface area contributed by atoms with Crippen molar-refractivity contribution in [2.45, 2.75) is 25.3 Å². The lowest BCUT2D eigenvalue weighted by atomic mass is 10.1. The van der Waals surface area contributed by atoms with E-state index in [1.807, 2.05) is 23.2 Å². The van der Waals surface area contributed by atoms with E-state index >= 15 is 0 Å². The van der Waals surface area contributed by atoms with Gasteiger partial charge in [0.2, 0.25) is 5.91 Å². The highest BCUT2D eigenvalue weighted by Crippen LogP contribution is 2.43. The number of aromatic nitrogens is 1. The van der Waals surface area contributed by atoms with Crippen molar-refractivity contribution in [3.8, 4) is 0 Å². The number of nitrogens with one attached hydrogen (secondary N) is 1. The van der Waals surface area contributed by atoms with E-state index in [1.165, 1.54) is 0 Å². The molecule has 0 radical (unpaired) electrons. The Labute approximate surface area is 105 Å². The molecule has 2 N–H and O–H groups in total. The smallest absolute Gasteiger partial charge is 0.307 e. The molecule has 0 spiro atoms. The first-order valence-corrected chi connectivity index (χ1v) is 6.35. The summed E-state index contributed by atoms with van der Waals surface area (Å²) < 4.78 is 0. The fraction of sp³-hybridized carbons (Fsp3) is 0.538. The molecule has 96 valence electrons. The predicted molar refractivity (Wildman–Crippen MR) is 63.7 cm³/mol. The van der Waals surface area contributed by atoms with Gasteiger partial charge in [0.1, 0.15) is 0 Å². The summed E-state index contributed by atoms with van der Waals surface area (Å²) in [7, 11) is 0. The van der Waals surface area contributed by atoms with Gasteiger partial charge in [0, 0.05) is 18.4 Å². The van der Waals surface area contributed by atoms with Crippen LogP contribution < -0.4 is 0 Å². The van der Waals surface area contributed by atoms with Gasteiger partial charge in [0.15, 0.2) is 0 Å². The third kappa shape index (κ3) is 1.79. The maximum atomic E-state index is 12.3. The zero-order valence-corrected chi connectivity index (χ0v) is 10.0. The van der Waals surface area contributed by atoms with Crippen LogP contribution in [0, 0.1) is 11.8 Å². The zero-order valence-electron chi connectivity index (χ0n) is 10.0. The maximum absolute atomic E-state index is 12.3. The lowest BCUT2D eigenvalue weighted by Crippen LogP contribution is -2.32. The van der Waals surface area contributed by atoms with E-state index in [9.17, 15) is 9.59 Å². The molecule has 3 unspecified atom stereocenters. The van der Waals surface area contributed by atoms with E-state index in [0.29, 0.717) is 6.42 Å². The van der Waals surface area contributed by atoms with Gasteiger partial charge in [0.25, 0.3) is 0 Å². The van der Waals surface area contributed by atoms with Gasteiger partial charge in [-0.1, -0.05) is 0 Å². The Balaban J connectivity index is 1.72. The van der Waals surface area contributed by atoms with Crippen LogP contribution in [0.2, 0.25) is 0 Å². The number of hydrogen-bond acceptors (Lipinski definition) is 2. The Morgan fingerprint density at radius 1 is 1.39 bits per heavy atom.